The number of ether oxygens (including phenoxy) is 2. The van der Waals surface area contributed by atoms with Gasteiger partial charge in [-0.05, 0) is 60.9 Å². The van der Waals surface area contributed by atoms with E-state index in [2.05, 4.69) is 35.4 Å². The van der Waals surface area contributed by atoms with E-state index in [1.54, 1.807) is 13.3 Å². The topological polar surface area (TPSA) is 55.7 Å². The molecule has 0 saturated heterocycles. The van der Waals surface area contributed by atoms with Gasteiger partial charge in [-0.15, -0.1) is 11.3 Å². The van der Waals surface area contributed by atoms with E-state index < -0.39 is 0 Å². The Morgan fingerprint density at radius 3 is 2.53 bits per heavy atom. The van der Waals surface area contributed by atoms with Gasteiger partial charge >= 0.3 is 0 Å². The molecule has 0 spiro atoms. The third kappa shape index (κ3) is 5.53. The SMILES string of the molecule is COc1ccc(C=NNc2nc(-c3ccccc3)cs2)cc1COc1cc(C)cc(C)c1. The van der Waals surface area contributed by atoms with Crippen LogP contribution in [0.25, 0.3) is 11.3 Å². The predicted octanol–water partition coefficient (Wildman–Crippen LogP) is 6.46. The fraction of sp³-hybridized carbons (Fsp3) is 0.154. The lowest BCUT2D eigenvalue weighted by Crippen LogP contribution is -2.01. The second kappa shape index (κ2) is 10.1. The number of hydrogen-bond acceptors (Lipinski definition) is 6. The zero-order valence-corrected chi connectivity index (χ0v) is 19.1. The lowest BCUT2D eigenvalue weighted by atomic mass is 10.1. The minimum absolute atomic E-state index is 0.411. The lowest BCUT2D eigenvalue weighted by Gasteiger charge is -2.12. The molecule has 162 valence electrons. The number of methoxy groups -OCH3 is 1. The van der Waals surface area contributed by atoms with Crippen molar-refractivity contribution in [3.05, 3.63) is 94.4 Å². The highest BCUT2D eigenvalue weighted by molar-refractivity contribution is 7.14. The van der Waals surface area contributed by atoms with E-state index in [1.165, 1.54) is 22.5 Å². The summed E-state index contributed by atoms with van der Waals surface area (Å²) in [6.45, 7) is 4.54. The van der Waals surface area contributed by atoms with Crippen molar-refractivity contribution in [3.63, 3.8) is 0 Å². The third-order valence-corrected chi connectivity index (χ3v) is 5.59. The maximum atomic E-state index is 6.02. The van der Waals surface area contributed by atoms with Gasteiger partial charge in [-0.25, -0.2) is 4.98 Å². The van der Waals surface area contributed by atoms with Crippen molar-refractivity contribution in [1.82, 2.24) is 4.98 Å². The fourth-order valence-electron chi connectivity index (χ4n) is 3.40. The molecule has 0 aliphatic heterocycles. The van der Waals surface area contributed by atoms with Gasteiger partial charge in [0, 0.05) is 16.5 Å². The Morgan fingerprint density at radius 2 is 1.78 bits per heavy atom. The summed E-state index contributed by atoms with van der Waals surface area (Å²) in [7, 11) is 1.66. The molecule has 6 heteroatoms. The number of hydrogen-bond donors (Lipinski definition) is 1. The first kappa shape index (κ1) is 21.6. The molecule has 0 fully saturated rings. The minimum Gasteiger partial charge on any atom is -0.496 e. The van der Waals surface area contributed by atoms with Gasteiger partial charge in [0.05, 0.1) is 19.0 Å². The van der Waals surface area contributed by atoms with Crippen molar-refractivity contribution in [2.45, 2.75) is 20.5 Å². The number of aryl methyl sites for hydroxylation is 2. The third-order valence-electron chi connectivity index (χ3n) is 4.84. The average molecular weight is 444 g/mol. The van der Waals surface area contributed by atoms with Gasteiger partial charge < -0.3 is 9.47 Å². The molecule has 4 rings (SSSR count). The zero-order chi connectivity index (χ0) is 22.3. The van der Waals surface area contributed by atoms with Gasteiger partial charge in [-0.2, -0.15) is 5.10 Å². The molecule has 0 aliphatic carbocycles. The Bertz CT molecular complexity index is 1200. The molecule has 0 radical (unpaired) electrons. The average Bonchev–Trinajstić information content (AvgIpc) is 3.27. The van der Waals surface area contributed by atoms with Crippen molar-refractivity contribution in [2.24, 2.45) is 5.10 Å². The Morgan fingerprint density at radius 1 is 1.00 bits per heavy atom. The first-order valence-electron chi connectivity index (χ1n) is 10.3. The molecule has 4 aromatic rings. The van der Waals surface area contributed by atoms with E-state index in [1.807, 2.05) is 66.0 Å². The summed E-state index contributed by atoms with van der Waals surface area (Å²) in [5, 5.41) is 7.11. The number of benzene rings is 3. The van der Waals surface area contributed by atoms with E-state index >= 15 is 0 Å². The van der Waals surface area contributed by atoms with Crippen LogP contribution in [0.3, 0.4) is 0 Å². The van der Waals surface area contributed by atoms with E-state index in [0.717, 1.165) is 39.0 Å². The highest BCUT2D eigenvalue weighted by Gasteiger charge is 2.07. The highest BCUT2D eigenvalue weighted by Crippen LogP contribution is 2.25. The molecule has 1 heterocycles. The molecule has 32 heavy (non-hydrogen) atoms. The Labute approximate surface area is 192 Å². The Balaban J connectivity index is 1.42. The first-order valence-corrected chi connectivity index (χ1v) is 11.2. The zero-order valence-electron chi connectivity index (χ0n) is 18.3. The van der Waals surface area contributed by atoms with Crippen LogP contribution in [0.4, 0.5) is 5.13 Å². The van der Waals surface area contributed by atoms with Gasteiger partial charge in [0.1, 0.15) is 18.1 Å². The van der Waals surface area contributed by atoms with Gasteiger partial charge in [0.25, 0.3) is 0 Å². The summed E-state index contributed by atoms with van der Waals surface area (Å²) in [6.07, 6.45) is 1.77. The van der Waals surface area contributed by atoms with Crippen LogP contribution in [0.5, 0.6) is 11.5 Å². The van der Waals surface area contributed by atoms with Crippen LogP contribution >= 0.6 is 11.3 Å². The molecule has 3 aromatic carbocycles. The van der Waals surface area contributed by atoms with Crippen LogP contribution in [0.1, 0.15) is 22.3 Å². The van der Waals surface area contributed by atoms with Crippen LogP contribution in [-0.4, -0.2) is 18.3 Å². The second-order valence-electron chi connectivity index (χ2n) is 7.46. The molecular weight excluding hydrogens is 418 g/mol. The van der Waals surface area contributed by atoms with Gasteiger partial charge in [-0.1, -0.05) is 36.4 Å². The molecule has 0 amide bonds. The summed E-state index contributed by atoms with van der Waals surface area (Å²) in [5.74, 6) is 1.63. The van der Waals surface area contributed by atoms with Crippen LogP contribution in [0.2, 0.25) is 0 Å². The standard InChI is InChI=1S/C26H25N3O2S/c1-18-11-19(2)13-23(12-18)31-16-22-14-20(9-10-25(22)30-3)15-27-29-26-28-24(17-32-26)21-7-5-4-6-8-21/h4-15,17H,16H2,1-3H3,(H,28,29). The van der Waals surface area contributed by atoms with Crippen molar-refractivity contribution in [1.29, 1.82) is 0 Å². The monoisotopic (exact) mass is 443 g/mol. The summed E-state index contributed by atoms with van der Waals surface area (Å²) in [6, 6.07) is 22.2. The van der Waals surface area contributed by atoms with Gasteiger partial charge in [0.15, 0.2) is 0 Å². The van der Waals surface area contributed by atoms with Crippen molar-refractivity contribution in [2.75, 3.05) is 12.5 Å². The highest BCUT2D eigenvalue weighted by atomic mass is 32.1. The van der Waals surface area contributed by atoms with Crippen molar-refractivity contribution >= 4 is 22.7 Å². The molecule has 1 N–H and O–H groups in total. The van der Waals surface area contributed by atoms with E-state index in [-0.39, 0.29) is 0 Å². The molecule has 0 atom stereocenters. The number of anilines is 1. The summed E-state index contributed by atoms with van der Waals surface area (Å²) in [4.78, 5) is 4.59. The summed E-state index contributed by atoms with van der Waals surface area (Å²) >= 11 is 1.52. The van der Waals surface area contributed by atoms with E-state index in [4.69, 9.17) is 9.47 Å². The maximum absolute atomic E-state index is 6.02. The predicted molar refractivity (Wildman–Crippen MR) is 132 cm³/mol. The van der Waals surface area contributed by atoms with Crippen molar-refractivity contribution < 1.29 is 9.47 Å². The number of nitrogens with zero attached hydrogens (tertiary/aromatic N) is 2. The molecule has 0 bridgehead atoms. The molecule has 5 nitrogen and oxygen atoms in total. The number of rotatable bonds is 8. The maximum Gasteiger partial charge on any atom is 0.203 e. The Kier molecular flexibility index (Phi) is 6.82. The smallest absolute Gasteiger partial charge is 0.203 e. The number of thiazole rings is 1. The number of hydrazone groups is 1. The largest absolute Gasteiger partial charge is 0.496 e. The molecule has 0 unspecified atom stereocenters. The minimum atomic E-state index is 0.411. The first-order chi connectivity index (χ1) is 15.6. The van der Waals surface area contributed by atoms with E-state index in [0.29, 0.717) is 6.61 Å². The number of nitrogens with one attached hydrogen (secondary N) is 1. The molecule has 1 aromatic heterocycles. The van der Waals surface area contributed by atoms with Gasteiger partial charge in [-0.3, -0.25) is 5.43 Å². The van der Waals surface area contributed by atoms with Crippen LogP contribution in [0.15, 0.2) is 77.2 Å². The summed E-state index contributed by atoms with van der Waals surface area (Å²) in [5.41, 5.74) is 9.29. The van der Waals surface area contributed by atoms with E-state index in [9.17, 15) is 0 Å². The second-order valence-corrected chi connectivity index (χ2v) is 8.32. The van der Waals surface area contributed by atoms with Crippen LogP contribution < -0.4 is 14.9 Å². The van der Waals surface area contributed by atoms with Crippen LogP contribution in [0, 0.1) is 13.8 Å². The number of aromatic nitrogens is 1. The normalized spacial score (nSPS) is 11.0. The molecule has 0 saturated carbocycles. The van der Waals surface area contributed by atoms with Crippen molar-refractivity contribution in [3.8, 4) is 22.8 Å². The fourth-order valence-corrected chi connectivity index (χ4v) is 4.07. The summed E-state index contributed by atoms with van der Waals surface area (Å²) < 4.78 is 11.5. The molecule has 0 aliphatic rings. The lowest BCUT2D eigenvalue weighted by molar-refractivity contribution is 0.296. The van der Waals surface area contributed by atoms with Crippen LogP contribution in [-0.2, 0) is 6.61 Å². The quantitative estimate of drug-likeness (QED) is 0.251. The molecular formula is C26H25N3O2S. The Hall–Kier alpha value is -3.64. The van der Waals surface area contributed by atoms with Gasteiger partial charge in [0.2, 0.25) is 5.13 Å².